The van der Waals surface area contributed by atoms with Gasteiger partial charge in [-0.15, -0.1) is 0 Å². The monoisotopic (exact) mass is 456 g/mol. The molecule has 0 bridgehead atoms. The first-order valence-corrected chi connectivity index (χ1v) is 11.6. The van der Waals surface area contributed by atoms with E-state index in [1.165, 1.54) is 33.5 Å². The van der Waals surface area contributed by atoms with E-state index in [1.54, 1.807) is 19.2 Å². The predicted molar refractivity (Wildman–Crippen MR) is 125 cm³/mol. The van der Waals surface area contributed by atoms with Gasteiger partial charge in [-0.25, -0.2) is 8.42 Å². The van der Waals surface area contributed by atoms with E-state index in [2.05, 4.69) is 0 Å². The summed E-state index contributed by atoms with van der Waals surface area (Å²) in [5.74, 6) is -0.304. The molecule has 0 aliphatic rings. The summed E-state index contributed by atoms with van der Waals surface area (Å²) in [7, 11) is -2.30. The third-order valence-electron chi connectivity index (χ3n) is 5.03. The molecule has 0 aliphatic heterocycles. The van der Waals surface area contributed by atoms with Crippen molar-refractivity contribution in [2.45, 2.75) is 25.3 Å². The molecule has 3 aromatic rings. The number of likely N-dealkylation sites (N-methyl/N-ethyl adjacent to an activating group) is 1. The summed E-state index contributed by atoms with van der Waals surface area (Å²) >= 11 is 5.93. The van der Waals surface area contributed by atoms with Crippen molar-refractivity contribution in [1.29, 1.82) is 0 Å². The van der Waals surface area contributed by atoms with Crippen molar-refractivity contribution in [3.05, 3.63) is 94.5 Å². The summed E-state index contributed by atoms with van der Waals surface area (Å²) in [6.07, 6.45) is 0. The van der Waals surface area contributed by atoms with Crippen LogP contribution in [0.5, 0.6) is 0 Å². The Balaban J connectivity index is 1.91. The van der Waals surface area contributed by atoms with Crippen LogP contribution in [0.1, 0.15) is 16.7 Å². The lowest BCUT2D eigenvalue weighted by molar-refractivity contribution is -0.128. The van der Waals surface area contributed by atoms with E-state index in [0.717, 1.165) is 16.7 Å². The van der Waals surface area contributed by atoms with Crippen LogP contribution in [-0.4, -0.2) is 32.8 Å². The van der Waals surface area contributed by atoms with Crippen LogP contribution < -0.4 is 4.31 Å². The lowest BCUT2D eigenvalue weighted by atomic mass is 10.1. The van der Waals surface area contributed by atoms with E-state index in [9.17, 15) is 13.2 Å². The fraction of sp³-hybridized carbons (Fsp3) is 0.208. The molecule has 7 heteroatoms. The van der Waals surface area contributed by atoms with Crippen LogP contribution in [0, 0.1) is 13.8 Å². The molecular weight excluding hydrogens is 432 g/mol. The highest BCUT2D eigenvalue weighted by Gasteiger charge is 2.29. The Hall–Kier alpha value is -2.83. The number of hydrogen-bond donors (Lipinski definition) is 0. The second kappa shape index (κ2) is 9.54. The van der Waals surface area contributed by atoms with Crippen molar-refractivity contribution in [3.63, 3.8) is 0 Å². The van der Waals surface area contributed by atoms with E-state index in [0.29, 0.717) is 17.3 Å². The molecule has 31 heavy (non-hydrogen) atoms. The number of aryl methyl sites for hydroxylation is 2. The molecule has 0 unspecified atom stereocenters. The van der Waals surface area contributed by atoms with Gasteiger partial charge in [-0.1, -0.05) is 59.6 Å². The van der Waals surface area contributed by atoms with Crippen molar-refractivity contribution in [3.8, 4) is 0 Å². The molecule has 0 saturated carbocycles. The van der Waals surface area contributed by atoms with Crippen molar-refractivity contribution in [2.24, 2.45) is 0 Å². The molecule has 0 fully saturated rings. The first kappa shape index (κ1) is 22.8. The van der Waals surface area contributed by atoms with E-state index in [4.69, 9.17) is 11.6 Å². The average molecular weight is 457 g/mol. The molecule has 0 aromatic heterocycles. The zero-order chi connectivity index (χ0) is 22.6. The molecule has 0 saturated heterocycles. The zero-order valence-corrected chi connectivity index (χ0v) is 19.3. The second-order valence-electron chi connectivity index (χ2n) is 7.49. The number of halogens is 1. The average Bonchev–Trinajstić information content (AvgIpc) is 2.74. The van der Waals surface area contributed by atoms with Gasteiger partial charge in [0.1, 0.15) is 6.54 Å². The zero-order valence-electron chi connectivity index (χ0n) is 17.7. The van der Waals surface area contributed by atoms with Gasteiger partial charge in [-0.2, -0.15) is 0 Å². The topological polar surface area (TPSA) is 57.7 Å². The fourth-order valence-corrected chi connectivity index (χ4v) is 4.78. The van der Waals surface area contributed by atoms with Crippen LogP contribution >= 0.6 is 11.6 Å². The van der Waals surface area contributed by atoms with Crippen molar-refractivity contribution in [1.82, 2.24) is 4.90 Å². The molecule has 0 N–H and O–H groups in total. The molecule has 0 heterocycles. The summed E-state index contributed by atoms with van der Waals surface area (Å²) in [5, 5.41) is 0.440. The van der Waals surface area contributed by atoms with Gasteiger partial charge in [0.2, 0.25) is 5.91 Å². The Morgan fingerprint density at radius 1 is 0.903 bits per heavy atom. The highest BCUT2D eigenvalue weighted by Crippen LogP contribution is 2.27. The largest absolute Gasteiger partial charge is 0.340 e. The van der Waals surface area contributed by atoms with E-state index in [1.807, 2.05) is 50.2 Å². The number of rotatable bonds is 7. The van der Waals surface area contributed by atoms with Crippen LogP contribution in [0.15, 0.2) is 77.7 Å². The molecule has 0 atom stereocenters. The fourth-order valence-electron chi connectivity index (χ4n) is 3.18. The van der Waals surface area contributed by atoms with Crippen LogP contribution in [0.3, 0.4) is 0 Å². The van der Waals surface area contributed by atoms with Crippen molar-refractivity contribution >= 4 is 33.2 Å². The number of sulfonamides is 1. The number of nitrogens with zero attached hydrogens (tertiary/aromatic N) is 2. The Labute approximate surface area is 188 Å². The maximum atomic E-state index is 13.5. The Morgan fingerprint density at radius 2 is 1.52 bits per heavy atom. The Bertz CT molecular complexity index is 1160. The normalized spacial score (nSPS) is 11.2. The van der Waals surface area contributed by atoms with Crippen LogP contribution in [0.4, 0.5) is 5.69 Å². The standard InChI is InChI=1S/C24H25ClN2O3S/c1-18-8-10-20(11-9-18)16-26(3)24(28)17-27(23-7-5-4-6-19(23)2)31(29,30)22-14-12-21(25)13-15-22/h4-15H,16-17H2,1-3H3. The summed E-state index contributed by atoms with van der Waals surface area (Å²) in [6.45, 7) is 3.90. The van der Waals surface area contributed by atoms with Gasteiger partial charge in [0.05, 0.1) is 10.6 Å². The van der Waals surface area contributed by atoms with Crippen molar-refractivity contribution in [2.75, 3.05) is 17.9 Å². The maximum Gasteiger partial charge on any atom is 0.264 e. The second-order valence-corrected chi connectivity index (χ2v) is 9.79. The van der Waals surface area contributed by atoms with Gasteiger partial charge in [0.15, 0.2) is 0 Å². The first-order chi connectivity index (χ1) is 14.7. The molecule has 162 valence electrons. The molecule has 0 spiro atoms. The highest BCUT2D eigenvalue weighted by atomic mass is 35.5. The van der Waals surface area contributed by atoms with Gasteiger partial charge in [0, 0.05) is 18.6 Å². The summed E-state index contributed by atoms with van der Waals surface area (Å²) < 4.78 is 28.1. The van der Waals surface area contributed by atoms with Crippen molar-refractivity contribution < 1.29 is 13.2 Å². The van der Waals surface area contributed by atoms with Gasteiger partial charge in [-0.05, 0) is 55.3 Å². The molecule has 0 radical (unpaired) electrons. The summed E-state index contributed by atoms with van der Waals surface area (Å²) in [4.78, 5) is 14.7. The summed E-state index contributed by atoms with van der Waals surface area (Å²) in [6, 6.07) is 20.9. The van der Waals surface area contributed by atoms with Crippen LogP contribution in [0.2, 0.25) is 5.02 Å². The molecule has 1 amide bonds. The Kier molecular flexibility index (Phi) is 7.03. The minimum absolute atomic E-state index is 0.0779. The third kappa shape index (κ3) is 5.46. The lowest BCUT2D eigenvalue weighted by Gasteiger charge is -2.28. The number of carbonyl (C=O) groups is 1. The number of amides is 1. The van der Waals surface area contributed by atoms with Gasteiger partial charge < -0.3 is 4.90 Å². The van der Waals surface area contributed by atoms with Gasteiger partial charge in [-0.3, -0.25) is 9.10 Å². The molecule has 3 rings (SSSR count). The molecule has 5 nitrogen and oxygen atoms in total. The number of benzene rings is 3. The first-order valence-electron chi connectivity index (χ1n) is 9.82. The SMILES string of the molecule is Cc1ccc(CN(C)C(=O)CN(c2ccccc2C)S(=O)(=O)c2ccc(Cl)cc2)cc1. The minimum Gasteiger partial charge on any atom is -0.340 e. The predicted octanol–water partition coefficient (Wildman–Crippen LogP) is 4.81. The molecule has 3 aromatic carbocycles. The highest BCUT2D eigenvalue weighted by molar-refractivity contribution is 7.92. The third-order valence-corrected chi connectivity index (χ3v) is 7.06. The van der Waals surface area contributed by atoms with E-state index >= 15 is 0 Å². The van der Waals surface area contributed by atoms with E-state index in [-0.39, 0.29) is 17.3 Å². The maximum absolute atomic E-state index is 13.5. The number of carbonyl (C=O) groups excluding carboxylic acids is 1. The quantitative estimate of drug-likeness (QED) is 0.512. The van der Waals surface area contributed by atoms with E-state index < -0.39 is 10.0 Å². The minimum atomic E-state index is -3.97. The Morgan fingerprint density at radius 3 is 2.13 bits per heavy atom. The van der Waals surface area contributed by atoms with Gasteiger partial charge >= 0.3 is 0 Å². The lowest BCUT2D eigenvalue weighted by Crippen LogP contribution is -2.41. The summed E-state index contributed by atoms with van der Waals surface area (Å²) in [5.41, 5.74) is 3.34. The number of hydrogen-bond acceptors (Lipinski definition) is 3. The number of anilines is 1. The number of para-hydroxylation sites is 1. The molecular formula is C24H25ClN2O3S. The van der Waals surface area contributed by atoms with Gasteiger partial charge in [0.25, 0.3) is 10.0 Å². The molecule has 0 aliphatic carbocycles. The van der Waals surface area contributed by atoms with Crippen LogP contribution in [-0.2, 0) is 21.4 Å². The smallest absolute Gasteiger partial charge is 0.264 e. The van der Waals surface area contributed by atoms with Crippen LogP contribution in [0.25, 0.3) is 0 Å².